The Balaban J connectivity index is 1.12. The summed E-state index contributed by atoms with van der Waals surface area (Å²) in [5.74, 6) is 0.503. The van der Waals surface area contributed by atoms with Crippen LogP contribution in [-0.4, -0.2) is 103 Å². The summed E-state index contributed by atoms with van der Waals surface area (Å²) in [6.45, 7) is 8.62. The van der Waals surface area contributed by atoms with E-state index in [4.69, 9.17) is 9.47 Å². The molecule has 1 aromatic heterocycles. The van der Waals surface area contributed by atoms with E-state index in [1.54, 1.807) is 0 Å². The van der Waals surface area contributed by atoms with Crippen molar-refractivity contribution in [3.63, 3.8) is 0 Å². The monoisotopic (exact) mass is 659 g/mol. The second-order valence-electron chi connectivity index (χ2n) is 12.8. The average molecular weight is 660 g/mol. The highest BCUT2D eigenvalue weighted by atomic mass is 19.4. The van der Waals surface area contributed by atoms with Crippen LogP contribution in [0.5, 0.6) is 11.5 Å². The van der Waals surface area contributed by atoms with E-state index >= 15 is 0 Å². The second-order valence-corrected chi connectivity index (χ2v) is 12.8. The fourth-order valence-corrected chi connectivity index (χ4v) is 6.45. The lowest BCUT2D eigenvalue weighted by Gasteiger charge is -2.39. The highest BCUT2D eigenvalue weighted by Gasteiger charge is 2.36. The molecule has 1 amide bonds. The van der Waals surface area contributed by atoms with Gasteiger partial charge < -0.3 is 29.9 Å². The Kier molecular flexibility index (Phi) is 9.88. The van der Waals surface area contributed by atoms with Gasteiger partial charge in [0.25, 0.3) is 5.91 Å². The van der Waals surface area contributed by atoms with Crippen molar-refractivity contribution >= 4 is 11.7 Å². The van der Waals surface area contributed by atoms with Crippen molar-refractivity contribution in [1.29, 1.82) is 0 Å². The summed E-state index contributed by atoms with van der Waals surface area (Å²) in [6, 6.07) is 2.43. The summed E-state index contributed by atoms with van der Waals surface area (Å²) in [7, 11) is 0. The Morgan fingerprint density at radius 2 is 1.94 bits per heavy atom. The van der Waals surface area contributed by atoms with Gasteiger partial charge in [-0.15, -0.1) is 0 Å². The normalized spacial score (nSPS) is 19.6. The van der Waals surface area contributed by atoms with Gasteiger partial charge in [0, 0.05) is 88.9 Å². The number of aromatic nitrogens is 2. The van der Waals surface area contributed by atoms with E-state index in [-0.39, 0.29) is 23.2 Å². The summed E-state index contributed by atoms with van der Waals surface area (Å²) in [4.78, 5) is 27.0. The number of benzene rings is 1. The molecule has 0 unspecified atom stereocenters. The number of alkyl halides is 3. The first-order valence-electron chi connectivity index (χ1n) is 16.2. The SMILES string of the molecule is CC(C)N(CC(F)(F)F)C(=O)c1cc(F)ccc1Oc1cncnc1N1CCC(OC2=CCNC3=C2CN(CC2CNC2)CC3)CC1. The molecule has 1 aromatic carbocycles. The van der Waals surface area contributed by atoms with Crippen LogP contribution in [0.2, 0.25) is 0 Å². The van der Waals surface area contributed by atoms with Crippen LogP contribution >= 0.6 is 0 Å². The van der Waals surface area contributed by atoms with E-state index in [2.05, 4.69) is 31.6 Å². The Labute approximate surface area is 271 Å². The van der Waals surface area contributed by atoms with Gasteiger partial charge in [0.15, 0.2) is 11.6 Å². The van der Waals surface area contributed by atoms with E-state index in [1.807, 2.05) is 4.90 Å². The third-order valence-electron chi connectivity index (χ3n) is 9.03. The van der Waals surface area contributed by atoms with Gasteiger partial charge in [-0.05, 0) is 44.0 Å². The van der Waals surface area contributed by atoms with Crippen molar-refractivity contribution < 1.29 is 31.8 Å². The van der Waals surface area contributed by atoms with Crippen LogP contribution in [0, 0.1) is 11.7 Å². The molecular formula is C33H41F4N7O3. The molecule has 4 aliphatic rings. The molecule has 0 bridgehead atoms. The molecule has 2 saturated heterocycles. The second kappa shape index (κ2) is 14.1. The Bertz CT molecular complexity index is 1500. The van der Waals surface area contributed by atoms with Crippen molar-refractivity contribution in [2.24, 2.45) is 5.92 Å². The van der Waals surface area contributed by atoms with Gasteiger partial charge in [0.2, 0.25) is 0 Å². The van der Waals surface area contributed by atoms with Crippen molar-refractivity contribution in [2.45, 2.75) is 51.4 Å². The number of carbonyl (C=O) groups is 1. The van der Waals surface area contributed by atoms with Gasteiger partial charge in [0.05, 0.1) is 11.8 Å². The average Bonchev–Trinajstić information content (AvgIpc) is 3.02. The fourth-order valence-electron chi connectivity index (χ4n) is 6.45. The Hall–Kier alpha value is -3.91. The van der Waals surface area contributed by atoms with E-state index in [0.29, 0.717) is 29.7 Å². The third-order valence-corrected chi connectivity index (χ3v) is 9.03. The van der Waals surface area contributed by atoms with Crippen LogP contribution in [-0.2, 0) is 4.74 Å². The molecule has 4 aliphatic heterocycles. The molecule has 2 N–H and O–H groups in total. The van der Waals surface area contributed by atoms with E-state index in [9.17, 15) is 22.4 Å². The van der Waals surface area contributed by atoms with Crippen LogP contribution in [0.15, 0.2) is 53.8 Å². The molecule has 0 radical (unpaired) electrons. The smallest absolute Gasteiger partial charge is 0.406 e. The van der Waals surface area contributed by atoms with Gasteiger partial charge in [-0.2, -0.15) is 13.2 Å². The molecule has 0 spiro atoms. The van der Waals surface area contributed by atoms with Gasteiger partial charge in [0.1, 0.15) is 36.3 Å². The number of nitrogens with zero attached hydrogens (tertiary/aromatic N) is 5. The number of halogens is 4. The molecule has 14 heteroatoms. The van der Waals surface area contributed by atoms with Crippen molar-refractivity contribution in [2.75, 3.05) is 63.8 Å². The summed E-state index contributed by atoms with van der Waals surface area (Å²) in [6.07, 6.45) is 2.79. The van der Waals surface area contributed by atoms with E-state index in [1.165, 1.54) is 43.7 Å². The quantitative estimate of drug-likeness (QED) is 0.359. The summed E-state index contributed by atoms with van der Waals surface area (Å²) >= 11 is 0. The predicted octanol–water partition coefficient (Wildman–Crippen LogP) is 4.47. The maximum Gasteiger partial charge on any atom is 0.406 e. The Morgan fingerprint density at radius 1 is 1.15 bits per heavy atom. The molecule has 0 aliphatic carbocycles. The van der Waals surface area contributed by atoms with Crippen LogP contribution < -0.4 is 20.3 Å². The molecule has 254 valence electrons. The summed E-state index contributed by atoms with van der Waals surface area (Å²) in [5, 5.41) is 6.89. The third kappa shape index (κ3) is 7.98. The fraction of sp³-hybridized carbons (Fsp3) is 0.545. The number of dihydropyridines is 1. The number of ether oxygens (including phenoxy) is 2. The topological polar surface area (TPSA) is 95.1 Å². The highest BCUT2D eigenvalue weighted by molar-refractivity contribution is 5.97. The predicted molar refractivity (Wildman–Crippen MR) is 168 cm³/mol. The first kappa shape index (κ1) is 33.0. The van der Waals surface area contributed by atoms with Crippen LogP contribution in [0.1, 0.15) is 43.5 Å². The number of hydrogen-bond donors (Lipinski definition) is 2. The first-order valence-corrected chi connectivity index (χ1v) is 16.2. The van der Waals surface area contributed by atoms with Crippen LogP contribution in [0.25, 0.3) is 0 Å². The van der Waals surface area contributed by atoms with Gasteiger partial charge in [-0.1, -0.05) is 0 Å². The summed E-state index contributed by atoms with van der Waals surface area (Å²) < 4.78 is 66.8. The highest BCUT2D eigenvalue weighted by Crippen LogP contribution is 2.36. The number of anilines is 1. The maximum absolute atomic E-state index is 14.3. The minimum absolute atomic E-state index is 0.0127. The lowest BCUT2D eigenvalue weighted by Crippen LogP contribution is -2.50. The standard InChI is InChI=1S/C33H41F4N7O3/c1-21(2)44(19-33(35,36)37)32(45)25-13-23(34)3-4-28(25)47-30-16-39-20-41-31(30)43-11-6-24(7-12-43)46-29-5-9-40-27-8-10-42(18-26(27)29)17-22-14-38-15-22/h3-5,13,16,20-22,24,38,40H,6-12,14-15,17-19H2,1-2H3. The van der Waals surface area contributed by atoms with Gasteiger partial charge in [-0.3, -0.25) is 9.69 Å². The minimum atomic E-state index is -4.63. The largest absolute Gasteiger partial charge is 0.490 e. The maximum atomic E-state index is 14.3. The van der Waals surface area contributed by atoms with Crippen molar-refractivity contribution in [3.05, 3.63) is 65.2 Å². The number of piperidine rings is 1. The molecule has 0 atom stereocenters. The zero-order valence-corrected chi connectivity index (χ0v) is 26.7. The van der Waals surface area contributed by atoms with Crippen molar-refractivity contribution in [3.8, 4) is 11.5 Å². The lowest BCUT2D eigenvalue weighted by atomic mass is 9.97. The van der Waals surface area contributed by atoms with Gasteiger partial charge in [-0.25, -0.2) is 14.4 Å². The molecule has 10 nitrogen and oxygen atoms in total. The lowest BCUT2D eigenvalue weighted by molar-refractivity contribution is -0.143. The number of nitrogens with one attached hydrogen (secondary N) is 2. The summed E-state index contributed by atoms with van der Waals surface area (Å²) in [5.41, 5.74) is 2.21. The molecular weight excluding hydrogens is 618 g/mol. The molecule has 2 aromatic rings. The molecule has 2 fully saturated rings. The molecule has 47 heavy (non-hydrogen) atoms. The molecule has 5 heterocycles. The van der Waals surface area contributed by atoms with E-state index < -0.39 is 30.5 Å². The number of rotatable bonds is 10. The molecule has 0 saturated carbocycles. The van der Waals surface area contributed by atoms with Crippen molar-refractivity contribution in [1.82, 2.24) is 30.4 Å². The van der Waals surface area contributed by atoms with Crippen LogP contribution in [0.3, 0.4) is 0 Å². The zero-order valence-electron chi connectivity index (χ0n) is 26.7. The zero-order chi connectivity index (χ0) is 33.1. The Morgan fingerprint density at radius 3 is 2.64 bits per heavy atom. The van der Waals surface area contributed by atoms with E-state index in [0.717, 1.165) is 76.4 Å². The molecule has 6 rings (SSSR count). The number of amides is 1. The first-order chi connectivity index (χ1) is 22.5. The number of hydrogen-bond acceptors (Lipinski definition) is 9. The van der Waals surface area contributed by atoms with Crippen LogP contribution in [0.4, 0.5) is 23.4 Å². The number of carbonyl (C=O) groups excluding carboxylic acids is 1. The van der Waals surface area contributed by atoms with Gasteiger partial charge >= 0.3 is 6.18 Å². The minimum Gasteiger partial charge on any atom is -0.490 e.